The molecule has 0 fully saturated rings. The van der Waals surface area contributed by atoms with Crippen LogP contribution in [-0.2, 0) is 6.42 Å². The predicted octanol–water partition coefficient (Wildman–Crippen LogP) is 2.56. The lowest BCUT2D eigenvalue weighted by molar-refractivity contribution is 0.608. The fourth-order valence-electron chi connectivity index (χ4n) is 2.63. The van der Waals surface area contributed by atoms with Gasteiger partial charge in [0.05, 0.1) is 5.69 Å². The first-order valence-electron chi connectivity index (χ1n) is 6.70. The molecule has 3 rings (SSSR count). The van der Waals surface area contributed by atoms with E-state index in [0.29, 0.717) is 5.82 Å². The van der Waals surface area contributed by atoms with E-state index in [0.717, 1.165) is 24.9 Å². The average molecular weight is 272 g/mol. The minimum absolute atomic E-state index is 0.0951. The Kier molecular flexibility index (Phi) is 3.04. The van der Waals surface area contributed by atoms with Crippen LogP contribution in [0.15, 0.2) is 18.2 Å². The van der Waals surface area contributed by atoms with E-state index in [1.54, 1.807) is 6.92 Å². The Labute approximate surface area is 117 Å². The van der Waals surface area contributed by atoms with Crippen molar-refractivity contribution in [2.45, 2.75) is 19.8 Å². The zero-order valence-corrected chi connectivity index (χ0v) is 11.7. The molecule has 0 saturated heterocycles. The fourth-order valence-corrected chi connectivity index (χ4v) is 2.63. The maximum atomic E-state index is 13.5. The Morgan fingerprint density at radius 3 is 2.85 bits per heavy atom. The summed E-state index contributed by atoms with van der Waals surface area (Å²) < 4.78 is 13.5. The molecule has 0 bridgehead atoms. The van der Waals surface area contributed by atoms with Crippen molar-refractivity contribution in [2.75, 3.05) is 24.2 Å². The molecular formula is C15H17FN4. The Morgan fingerprint density at radius 1 is 1.30 bits per heavy atom. The van der Waals surface area contributed by atoms with Gasteiger partial charge in [-0.2, -0.15) is 0 Å². The normalized spacial score (nSPS) is 14.2. The summed E-state index contributed by atoms with van der Waals surface area (Å²) in [4.78, 5) is 10.5. The van der Waals surface area contributed by atoms with Gasteiger partial charge in [0, 0.05) is 24.8 Å². The van der Waals surface area contributed by atoms with Crippen molar-refractivity contribution in [1.29, 1.82) is 0 Å². The van der Waals surface area contributed by atoms with Gasteiger partial charge >= 0.3 is 0 Å². The average Bonchev–Trinajstić information content (AvgIpc) is 2.44. The van der Waals surface area contributed by atoms with E-state index in [4.69, 9.17) is 5.73 Å². The molecule has 2 aromatic rings. The van der Waals surface area contributed by atoms with E-state index in [-0.39, 0.29) is 11.5 Å². The van der Waals surface area contributed by atoms with Crippen LogP contribution in [0, 0.1) is 12.7 Å². The summed E-state index contributed by atoms with van der Waals surface area (Å²) in [5.41, 5.74) is 9.27. The van der Waals surface area contributed by atoms with Gasteiger partial charge in [0.15, 0.2) is 17.5 Å². The molecule has 1 aliphatic rings. The van der Waals surface area contributed by atoms with E-state index in [9.17, 15) is 4.39 Å². The van der Waals surface area contributed by atoms with Crippen molar-refractivity contribution in [3.05, 3.63) is 35.3 Å². The first kappa shape index (κ1) is 12.8. The Hall–Kier alpha value is -2.17. The second-order valence-corrected chi connectivity index (χ2v) is 5.20. The quantitative estimate of drug-likeness (QED) is 0.867. The third-order valence-corrected chi connectivity index (χ3v) is 3.73. The van der Waals surface area contributed by atoms with Gasteiger partial charge in [-0.3, -0.25) is 0 Å². The molecule has 20 heavy (non-hydrogen) atoms. The second kappa shape index (κ2) is 4.74. The highest BCUT2D eigenvalue weighted by Crippen LogP contribution is 2.30. The lowest BCUT2D eigenvalue weighted by Gasteiger charge is -2.27. The van der Waals surface area contributed by atoms with E-state index >= 15 is 0 Å². The third-order valence-electron chi connectivity index (χ3n) is 3.73. The van der Waals surface area contributed by atoms with Gasteiger partial charge in [-0.1, -0.05) is 0 Å². The van der Waals surface area contributed by atoms with Gasteiger partial charge in [-0.05, 0) is 43.5 Å². The highest BCUT2D eigenvalue weighted by molar-refractivity contribution is 5.66. The van der Waals surface area contributed by atoms with Gasteiger partial charge in [0.1, 0.15) is 0 Å². The number of aryl methyl sites for hydroxylation is 2. The first-order valence-corrected chi connectivity index (χ1v) is 6.70. The van der Waals surface area contributed by atoms with Crippen molar-refractivity contribution >= 4 is 11.5 Å². The van der Waals surface area contributed by atoms with Crippen LogP contribution in [0.25, 0.3) is 11.4 Å². The molecule has 0 unspecified atom stereocenters. The Morgan fingerprint density at radius 2 is 2.10 bits per heavy atom. The van der Waals surface area contributed by atoms with Crippen LogP contribution in [0.2, 0.25) is 0 Å². The van der Waals surface area contributed by atoms with Gasteiger partial charge in [-0.25, -0.2) is 14.4 Å². The van der Waals surface area contributed by atoms with Crippen LogP contribution < -0.4 is 10.6 Å². The van der Waals surface area contributed by atoms with E-state index in [1.807, 2.05) is 6.07 Å². The van der Waals surface area contributed by atoms with Crippen LogP contribution in [0.4, 0.5) is 15.9 Å². The number of nitrogen functional groups attached to an aromatic ring is 1. The van der Waals surface area contributed by atoms with Gasteiger partial charge in [0.2, 0.25) is 0 Å². The summed E-state index contributed by atoms with van der Waals surface area (Å²) in [6.45, 7) is 2.68. The largest absolute Gasteiger partial charge is 0.381 e. The molecule has 0 atom stereocenters. The van der Waals surface area contributed by atoms with Crippen LogP contribution in [0.5, 0.6) is 0 Å². The number of halogens is 1. The molecule has 2 heterocycles. The molecule has 4 nitrogen and oxygen atoms in total. The zero-order chi connectivity index (χ0) is 14.3. The molecule has 0 saturated carbocycles. The number of hydrogen-bond donors (Lipinski definition) is 1. The minimum atomic E-state index is -0.536. The third kappa shape index (κ3) is 2.09. The van der Waals surface area contributed by atoms with E-state index in [2.05, 4.69) is 34.0 Å². The number of benzene rings is 1. The number of aromatic nitrogens is 2. The number of anilines is 2. The Bertz CT molecular complexity index is 646. The monoisotopic (exact) mass is 272 g/mol. The molecule has 2 N–H and O–H groups in total. The highest BCUT2D eigenvalue weighted by atomic mass is 19.1. The fraction of sp³-hybridized carbons (Fsp3) is 0.333. The van der Waals surface area contributed by atoms with Crippen LogP contribution in [0.3, 0.4) is 0 Å². The summed E-state index contributed by atoms with van der Waals surface area (Å²) in [6.07, 6.45) is 2.18. The molecule has 0 radical (unpaired) electrons. The SMILES string of the molecule is Cc1nc(-c2ccc3c(c2)CCCN3C)nc(N)c1F. The van der Waals surface area contributed by atoms with Crippen molar-refractivity contribution in [1.82, 2.24) is 9.97 Å². The maximum Gasteiger partial charge on any atom is 0.186 e. The molecule has 1 aromatic heterocycles. The molecule has 0 amide bonds. The lowest BCUT2D eigenvalue weighted by Crippen LogP contribution is -2.24. The van der Waals surface area contributed by atoms with E-state index in [1.165, 1.54) is 11.3 Å². The van der Waals surface area contributed by atoms with Crippen molar-refractivity contribution < 1.29 is 4.39 Å². The van der Waals surface area contributed by atoms with Crippen LogP contribution in [-0.4, -0.2) is 23.6 Å². The predicted molar refractivity (Wildman–Crippen MR) is 78.2 cm³/mol. The first-order chi connectivity index (χ1) is 9.56. The number of nitrogens with two attached hydrogens (primary N) is 1. The summed E-state index contributed by atoms with van der Waals surface area (Å²) in [5.74, 6) is -0.147. The van der Waals surface area contributed by atoms with Crippen molar-refractivity contribution in [3.63, 3.8) is 0 Å². The van der Waals surface area contributed by atoms with Crippen molar-refractivity contribution in [3.8, 4) is 11.4 Å². The number of fused-ring (bicyclic) bond motifs is 1. The Balaban J connectivity index is 2.07. The minimum Gasteiger partial charge on any atom is -0.381 e. The lowest BCUT2D eigenvalue weighted by atomic mass is 9.99. The number of hydrogen-bond acceptors (Lipinski definition) is 4. The van der Waals surface area contributed by atoms with Crippen molar-refractivity contribution in [2.24, 2.45) is 0 Å². The topological polar surface area (TPSA) is 55.0 Å². The number of rotatable bonds is 1. The number of nitrogens with zero attached hydrogens (tertiary/aromatic N) is 3. The molecule has 104 valence electrons. The molecule has 0 spiro atoms. The molecule has 1 aromatic carbocycles. The maximum absolute atomic E-state index is 13.5. The summed E-state index contributed by atoms with van der Waals surface area (Å²) in [5, 5.41) is 0. The summed E-state index contributed by atoms with van der Waals surface area (Å²) in [7, 11) is 2.09. The summed E-state index contributed by atoms with van der Waals surface area (Å²) >= 11 is 0. The highest BCUT2D eigenvalue weighted by Gasteiger charge is 2.16. The van der Waals surface area contributed by atoms with Gasteiger partial charge in [0.25, 0.3) is 0 Å². The molecule has 0 aliphatic carbocycles. The van der Waals surface area contributed by atoms with Crippen LogP contribution in [0.1, 0.15) is 17.7 Å². The second-order valence-electron chi connectivity index (χ2n) is 5.20. The molecule has 1 aliphatic heterocycles. The van der Waals surface area contributed by atoms with Crippen LogP contribution >= 0.6 is 0 Å². The molecular weight excluding hydrogens is 255 g/mol. The van der Waals surface area contributed by atoms with Gasteiger partial charge in [-0.15, -0.1) is 0 Å². The zero-order valence-electron chi connectivity index (χ0n) is 11.7. The van der Waals surface area contributed by atoms with E-state index < -0.39 is 5.82 Å². The molecule has 5 heteroatoms. The smallest absolute Gasteiger partial charge is 0.186 e. The summed E-state index contributed by atoms with van der Waals surface area (Å²) in [6, 6.07) is 6.12. The standard InChI is InChI=1S/C15H17FN4/c1-9-13(16)14(17)19-15(18-9)11-5-6-12-10(8-11)4-3-7-20(12)2/h5-6,8H,3-4,7H2,1-2H3,(H2,17,18,19). The van der Waals surface area contributed by atoms with Gasteiger partial charge < -0.3 is 10.6 Å².